The van der Waals surface area contributed by atoms with Crippen molar-refractivity contribution in [1.29, 1.82) is 0 Å². The van der Waals surface area contributed by atoms with Gasteiger partial charge in [-0.3, -0.25) is 9.36 Å². The van der Waals surface area contributed by atoms with E-state index in [0.717, 1.165) is 48.4 Å². The third kappa shape index (κ3) is 3.79. The molecule has 0 spiro atoms. The number of nitrogens with zero attached hydrogens (tertiary/aromatic N) is 5. The lowest BCUT2D eigenvalue weighted by molar-refractivity contribution is 0.380. The van der Waals surface area contributed by atoms with Crippen LogP contribution < -0.4 is 16.1 Å². The topological polar surface area (TPSA) is 80.3 Å². The maximum atomic E-state index is 13.3. The van der Waals surface area contributed by atoms with Crippen molar-refractivity contribution in [3.8, 4) is 5.13 Å². The number of aromatic nitrogens is 3. The Morgan fingerprint density at radius 2 is 2.03 bits per heavy atom. The number of hydrogen-bond acceptors (Lipinski definition) is 8. The van der Waals surface area contributed by atoms with Crippen molar-refractivity contribution in [1.82, 2.24) is 18.8 Å². The fourth-order valence-electron chi connectivity index (χ4n) is 3.98. The molecule has 3 aromatic heterocycles. The van der Waals surface area contributed by atoms with E-state index in [1.807, 2.05) is 28.3 Å². The molecular weight excluding hydrogens is 404 g/mol. The van der Waals surface area contributed by atoms with Crippen LogP contribution in [0.2, 0.25) is 0 Å². The molecule has 152 valence electrons. The molecule has 7 nitrogen and oxygen atoms in total. The largest absolute Gasteiger partial charge is 0.355 e. The maximum Gasteiger partial charge on any atom is 0.205 e. The molecule has 2 aliphatic heterocycles. The van der Waals surface area contributed by atoms with Gasteiger partial charge in [-0.15, -0.1) is 11.3 Å². The minimum absolute atomic E-state index is 0.0422. The molecule has 2 aliphatic rings. The molecule has 0 bridgehead atoms. The van der Waals surface area contributed by atoms with E-state index in [1.54, 1.807) is 29.5 Å². The van der Waals surface area contributed by atoms with Gasteiger partial charge in [0.2, 0.25) is 5.43 Å². The molecule has 0 aliphatic carbocycles. The molecule has 2 fully saturated rings. The first-order chi connectivity index (χ1) is 14.2. The van der Waals surface area contributed by atoms with Crippen LogP contribution in [0.15, 0.2) is 39.6 Å². The van der Waals surface area contributed by atoms with Crippen molar-refractivity contribution >= 4 is 40.1 Å². The highest BCUT2D eigenvalue weighted by atomic mass is 32.2. The number of anilines is 1. The summed E-state index contributed by atoms with van der Waals surface area (Å²) in [7, 11) is 0. The summed E-state index contributed by atoms with van der Waals surface area (Å²) in [5.74, 6) is 0.867. The minimum Gasteiger partial charge on any atom is -0.355 e. The first-order valence-electron chi connectivity index (χ1n) is 10.1. The average molecular weight is 429 g/mol. The molecule has 2 N–H and O–H groups in total. The van der Waals surface area contributed by atoms with E-state index in [0.29, 0.717) is 11.0 Å². The van der Waals surface area contributed by atoms with Crippen molar-refractivity contribution < 1.29 is 0 Å². The Morgan fingerprint density at radius 1 is 1.17 bits per heavy atom. The van der Waals surface area contributed by atoms with Gasteiger partial charge in [0, 0.05) is 50.0 Å². The highest BCUT2D eigenvalue weighted by Crippen LogP contribution is 2.28. The molecule has 9 heteroatoms. The molecule has 3 aromatic rings. The summed E-state index contributed by atoms with van der Waals surface area (Å²) in [6, 6.07) is 4.04. The number of pyridine rings is 2. The summed E-state index contributed by atoms with van der Waals surface area (Å²) < 4.78 is 4.26. The molecule has 1 atom stereocenters. The minimum atomic E-state index is 0.0422. The second kappa shape index (κ2) is 8.06. The van der Waals surface area contributed by atoms with E-state index >= 15 is 0 Å². The Morgan fingerprint density at radius 3 is 2.76 bits per heavy atom. The van der Waals surface area contributed by atoms with Gasteiger partial charge < -0.3 is 10.6 Å². The van der Waals surface area contributed by atoms with Gasteiger partial charge in [0.1, 0.15) is 5.82 Å². The van der Waals surface area contributed by atoms with Crippen molar-refractivity contribution in [2.24, 2.45) is 5.73 Å². The second-order valence-corrected chi connectivity index (χ2v) is 9.64. The van der Waals surface area contributed by atoms with Gasteiger partial charge in [-0.1, -0.05) is 6.42 Å². The van der Waals surface area contributed by atoms with E-state index in [-0.39, 0.29) is 11.5 Å². The number of thiazole rings is 1. The zero-order valence-corrected chi connectivity index (χ0v) is 17.8. The highest BCUT2D eigenvalue weighted by Gasteiger charge is 2.22. The first kappa shape index (κ1) is 19.0. The van der Waals surface area contributed by atoms with Crippen LogP contribution in [0.25, 0.3) is 16.2 Å². The van der Waals surface area contributed by atoms with Gasteiger partial charge in [0.15, 0.2) is 10.8 Å². The molecule has 5 heterocycles. The summed E-state index contributed by atoms with van der Waals surface area (Å²) >= 11 is 3.11. The molecule has 2 saturated heterocycles. The Labute approximate surface area is 177 Å². The van der Waals surface area contributed by atoms with E-state index in [4.69, 9.17) is 10.7 Å². The lowest BCUT2D eigenvalue weighted by Crippen LogP contribution is -2.27. The van der Waals surface area contributed by atoms with Gasteiger partial charge in [-0.2, -0.15) is 0 Å². The number of nitrogens with two attached hydrogens (primary N) is 1. The lowest BCUT2D eigenvalue weighted by atomic mass is 10.2. The number of piperidine rings is 1. The predicted octanol–water partition coefficient (Wildman–Crippen LogP) is 2.87. The smallest absolute Gasteiger partial charge is 0.205 e. The van der Waals surface area contributed by atoms with Crippen LogP contribution in [-0.2, 0) is 0 Å². The summed E-state index contributed by atoms with van der Waals surface area (Å²) in [5, 5.41) is 3.40. The average Bonchev–Trinajstić information content (AvgIpc) is 3.42. The van der Waals surface area contributed by atoms with Crippen molar-refractivity contribution in [3.05, 3.63) is 40.1 Å². The van der Waals surface area contributed by atoms with E-state index < -0.39 is 0 Å². The number of hydrogen-bond donors (Lipinski definition) is 1. The quantitative estimate of drug-likeness (QED) is 0.640. The Hall–Kier alpha value is -1.94. The zero-order valence-electron chi connectivity index (χ0n) is 16.2. The van der Waals surface area contributed by atoms with Gasteiger partial charge in [0.25, 0.3) is 0 Å². The van der Waals surface area contributed by atoms with Crippen LogP contribution in [0, 0.1) is 0 Å². The zero-order chi connectivity index (χ0) is 19.8. The SMILES string of the molecule is NC1CCN(c2ccc3c(=O)c(SN4CCCCC4)cn(-c4nccs4)c3n2)C1. The summed E-state index contributed by atoms with van der Waals surface area (Å²) in [6.45, 7) is 3.73. The van der Waals surface area contributed by atoms with Gasteiger partial charge >= 0.3 is 0 Å². The molecule has 0 aromatic carbocycles. The Bertz CT molecular complexity index is 1060. The first-order valence-corrected chi connectivity index (χ1v) is 11.7. The van der Waals surface area contributed by atoms with Crippen molar-refractivity contribution in [3.63, 3.8) is 0 Å². The fourth-order valence-corrected chi connectivity index (χ4v) is 5.66. The van der Waals surface area contributed by atoms with E-state index in [1.165, 1.54) is 19.3 Å². The van der Waals surface area contributed by atoms with Crippen LogP contribution in [-0.4, -0.2) is 51.1 Å². The van der Waals surface area contributed by atoms with Crippen LogP contribution in [0.5, 0.6) is 0 Å². The van der Waals surface area contributed by atoms with E-state index in [2.05, 4.69) is 14.2 Å². The predicted molar refractivity (Wildman–Crippen MR) is 119 cm³/mol. The Kier molecular flexibility index (Phi) is 5.29. The van der Waals surface area contributed by atoms with Gasteiger partial charge in [0.05, 0.1) is 10.3 Å². The molecule has 0 amide bonds. The van der Waals surface area contributed by atoms with Crippen LogP contribution in [0.1, 0.15) is 25.7 Å². The normalized spacial score (nSPS) is 20.6. The molecule has 1 unspecified atom stereocenters. The fraction of sp³-hybridized carbons (Fsp3) is 0.450. The summed E-state index contributed by atoms with van der Waals surface area (Å²) in [6.07, 6.45) is 8.30. The van der Waals surface area contributed by atoms with Crippen LogP contribution in [0.4, 0.5) is 5.82 Å². The second-order valence-electron chi connectivity index (χ2n) is 7.62. The third-order valence-electron chi connectivity index (χ3n) is 5.52. The van der Waals surface area contributed by atoms with Gasteiger partial charge in [-0.05, 0) is 43.3 Å². The standard InChI is InChI=1S/C20H24N6OS2/c21-14-6-10-24(12-14)17-5-4-15-18(27)16(29-25-8-2-1-3-9-25)13-26(19(15)23-17)20-22-7-11-28-20/h4-5,7,11,13-14H,1-3,6,8-10,12,21H2. The van der Waals surface area contributed by atoms with Crippen LogP contribution in [0.3, 0.4) is 0 Å². The molecule has 29 heavy (non-hydrogen) atoms. The highest BCUT2D eigenvalue weighted by molar-refractivity contribution is 7.97. The van der Waals surface area contributed by atoms with Crippen molar-refractivity contribution in [2.75, 3.05) is 31.1 Å². The Balaban J connectivity index is 1.61. The maximum absolute atomic E-state index is 13.3. The molecular formula is C20H24N6OS2. The monoisotopic (exact) mass is 428 g/mol. The molecule has 0 saturated carbocycles. The van der Waals surface area contributed by atoms with Crippen LogP contribution >= 0.6 is 23.3 Å². The van der Waals surface area contributed by atoms with Crippen molar-refractivity contribution in [2.45, 2.75) is 36.6 Å². The lowest BCUT2D eigenvalue weighted by Gasteiger charge is -2.25. The molecule has 0 radical (unpaired) electrons. The van der Waals surface area contributed by atoms with Gasteiger partial charge in [-0.25, -0.2) is 14.3 Å². The number of rotatable bonds is 4. The third-order valence-corrected chi connectivity index (χ3v) is 7.40. The van der Waals surface area contributed by atoms with E-state index in [9.17, 15) is 4.79 Å². The molecule has 5 rings (SSSR count). The number of fused-ring (bicyclic) bond motifs is 1. The summed E-state index contributed by atoms with van der Waals surface area (Å²) in [4.78, 5) is 25.5. The summed E-state index contributed by atoms with van der Waals surface area (Å²) in [5.41, 5.74) is 6.78.